The van der Waals surface area contributed by atoms with Gasteiger partial charge in [-0.2, -0.15) is 5.10 Å². The largest absolute Gasteiger partial charge is 0.341 e. The molecule has 0 saturated carbocycles. The Morgan fingerprint density at radius 1 is 0.955 bits per heavy atom. The molecule has 0 bridgehead atoms. The second-order valence-corrected chi connectivity index (χ2v) is 4.99. The molecule has 0 saturated heterocycles. The summed E-state index contributed by atoms with van der Waals surface area (Å²) < 4.78 is 0. The molecule has 2 aromatic heterocycles. The molecule has 4 rings (SSSR count). The van der Waals surface area contributed by atoms with Crippen LogP contribution in [-0.4, -0.2) is 26.7 Å². The van der Waals surface area contributed by atoms with E-state index in [9.17, 15) is 0 Å². The van der Waals surface area contributed by atoms with E-state index in [-0.39, 0.29) is 24.8 Å². The minimum absolute atomic E-state index is 0. The van der Waals surface area contributed by atoms with E-state index in [4.69, 9.17) is 4.98 Å². The molecule has 0 aliphatic carbocycles. The Morgan fingerprint density at radius 3 is 2.41 bits per heavy atom. The SMILES string of the molecule is Cl.Cl.c1cc(-c2ccc(-c3nc4c([nH]3)CNCC4)cc2)[nH]n1. The highest BCUT2D eigenvalue weighted by molar-refractivity contribution is 5.85. The number of rotatable bonds is 2. The van der Waals surface area contributed by atoms with Crippen LogP contribution in [0.15, 0.2) is 36.5 Å². The maximum absolute atomic E-state index is 4.70. The lowest BCUT2D eigenvalue weighted by Crippen LogP contribution is -2.23. The van der Waals surface area contributed by atoms with Crippen molar-refractivity contribution in [2.75, 3.05) is 6.54 Å². The number of aromatic nitrogens is 4. The van der Waals surface area contributed by atoms with Crippen LogP contribution in [0.3, 0.4) is 0 Å². The minimum Gasteiger partial charge on any atom is -0.341 e. The highest BCUT2D eigenvalue weighted by Crippen LogP contribution is 2.23. The molecule has 3 N–H and O–H groups in total. The Bertz CT molecular complexity index is 695. The van der Waals surface area contributed by atoms with Gasteiger partial charge in [0.1, 0.15) is 5.82 Å². The average Bonchev–Trinajstić information content (AvgIpc) is 3.17. The fourth-order valence-electron chi connectivity index (χ4n) is 2.58. The molecule has 1 aromatic carbocycles. The molecule has 3 heterocycles. The topological polar surface area (TPSA) is 69.4 Å². The molecule has 0 radical (unpaired) electrons. The molecule has 0 amide bonds. The number of nitrogens with one attached hydrogen (secondary N) is 3. The lowest BCUT2D eigenvalue weighted by Gasteiger charge is -2.09. The van der Waals surface area contributed by atoms with Crippen molar-refractivity contribution in [3.8, 4) is 22.6 Å². The first-order chi connectivity index (χ1) is 9.90. The molecular formula is C15H17Cl2N5. The van der Waals surface area contributed by atoms with Gasteiger partial charge in [0, 0.05) is 31.3 Å². The Kier molecular flexibility index (Phi) is 5.24. The summed E-state index contributed by atoms with van der Waals surface area (Å²) in [5.74, 6) is 0.954. The van der Waals surface area contributed by atoms with Gasteiger partial charge in [-0.15, -0.1) is 24.8 Å². The summed E-state index contributed by atoms with van der Waals surface area (Å²) in [7, 11) is 0. The number of nitrogens with zero attached hydrogens (tertiary/aromatic N) is 2. The van der Waals surface area contributed by atoms with Gasteiger partial charge < -0.3 is 10.3 Å². The van der Waals surface area contributed by atoms with Crippen LogP contribution in [0.1, 0.15) is 11.4 Å². The van der Waals surface area contributed by atoms with Crippen molar-refractivity contribution in [2.24, 2.45) is 0 Å². The first kappa shape index (κ1) is 16.5. The van der Waals surface area contributed by atoms with Crippen molar-refractivity contribution in [2.45, 2.75) is 13.0 Å². The van der Waals surface area contributed by atoms with Crippen LogP contribution >= 0.6 is 24.8 Å². The zero-order chi connectivity index (χ0) is 13.4. The predicted octanol–water partition coefficient (Wildman–Crippen LogP) is 2.96. The molecule has 0 atom stereocenters. The normalized spacial score (nSPS) is 12.9. The summed E-state index contributed by atoms with van der Waals surface area (Å²) in [6.45, 7) is 1.89. The molecule has 0 unspecified atom stereocenters. The average molecular weight is 338 g/mol. The third-order valence-corrected chi connectivity index (χ3v) is 3.67. The van der Waals surface area contributed by atoms with Crippen molar-refractivity contribution in [3.63, 3.8) is 0 Å². The first-order valence-electron chi connectivity index (χ1n) is 6.79. The number of hydrogen-bond donors (Lipinski definition) is 3. The molecule has 7 heteroatoms. The molecule has 0 fully saturated rings. The minimum atomic E-state index is 0. The molecule has 5 nitrogen and oxygen atoms in total. The molecule has 1 aliphatic rings. The van der Waals surface area contributed by atoms with Crippen molar-refractivity contribution in [1.82, 2.24) is 25.5 Å². The maximum atomic E-state index is 4.70. The lowest BCUT2D eigenvalue weighted by atomic mass is 10.1. The van der Waals surface area contributed by atoms with Crippen molar-refractivity contribution < 1.29 is 0 Å². The summed E-state index contributed by atoms with van der Waals surface area (Å²) in [4.78, 5) is 8.11. The van der Waals surface area contributed by atoms with Crippen molar-refractivity contribution in [3.05, 3.63) is 47.9 Å². The molecular weight excluding hydrogens is 321 g/mol. The fraction of sp³-hybridized carbons (Fsp3) is 0.200. The summed E-state index contributed by atoms with van der Waals surface area (Å²) in [5.41, 5.74) is 5.67. The lowest BCUT2D eigenvalue weighted by molar-refractivity contribution is 0.627. The summed E-state index contributed by atoms with van der Waals surface area (Å²) in [6.07, 6.45) is 2.76. The smallest absolute Gasteiger partial charge is 0.137 e. The monoisotopic (exact) mass is 337 g/mol. The highest BCUT2D eigenvalue weighted by atomic mass is 35.5. The predicted molar refractivity (Wildman–Crippen MR) is 91.5 cm³/mol. The standard InChI is InChI=1S/C15H15N5.2ClH/c1-3-11(4-2-10(1)12-6-8-17-20-12)15-18-13-5-7-16-9-14(13)19-15;;/h1-4,6,8,16H,5,7,9H2,(H,17,20)(H,18,19);2*1H. The molecule has 3 aromatic rings. The van der Waals surface area contributed by atoms with E-state index < -0.39 is 0 Å². The Hall–Kier alpha value is -1.82. The molecule has 116 valence electrons. The van der Waals surface area contributed by atoms with E-state index in [0.29, 0.717) is 0 Å². The van der Waals surface area contributed by atoms with Crippen molar-refractivity contribution >= 4 is 24.8 Å². The van der Waals surface area contributed by atoms with E-state index in [2.05, 4.69) is 44.8 Å². The number of imidazole rings is 1. The maximum Gasteiger partial charge on any atom is 0.137 e. The second-order valence-electron chi connectivity index (χ2n) is 4.99. The van der Waals surface area contributed by atoms with Crippen LogP contribution in [0, 0.1) is 0 Å². The van der Waals surface area contributed by atoms with Gasteiger partial charge in [-0.25, -0.2) is 4.98 Å². The van der Waals surface area contributed by atoms with Gasteiger partial charge in [0.15, 0.2) is 0 Å². The second kappa shape index (κ2) is 6.96. The van der Waals surface area contributed by atoms with E-state index in [0.717, 1.165) is 42.2 Å². The zero-order valence-electron chi connectivity index (χ0n) is 11.8. The van der Waals surface area contributed by atoms with E-state index in [1.54, 1.807) is 6.20 Å². The molecule has 0 spiro atoms. The third kappa shape index (κ3) is 3.02. The number of aromatic amines is 2. The fourth-order valence-corrected chi connectivity index (χ4v) is 2.58. The van der Waals surface area contributed by atoms with Gasteiger partial charge in [0.2, 0.25) is 0 Å². The Morgan fingerprint density at radius 2 is 1.73 bits per heavy atom. The van der Waals surface area contributed by atoms with Crippen LogP contribution in [0.2, 0.25) is 0 Å². The van der Waals surface area contributed by atoms with Crippen LogP contribution in [0.5, 0.6) is 0 Å². The van der Waals surface area contributed by atoms with Gasteiger partial charge in [0.05, 0.1) is 17.1 Å². The molecule has 22 heavy (non-hydrogen) atoms. The number of hydrogen-bond acceptors (Lipinski definition) is 3. The Labute approximate surface area is 140 Å². The highest BCUT2D eigenvalue weighted by Gasteiger charge is 2.14. The van der Waals surface area contributed by atoms with Crippen LogP contribution in [0.4, 0.5) is 0 Å². The van der Waals surface area contributed by atoms with Gasteiger partial charge in [-0.05, 0) is 11.6 Å². The molecule has 1 aliphatic heterocycles. The van der Waals surface area contributed by atoms with E-state index >= 15 is 0 Å². The van der Waals surface area contributed by atoms with Gasteiger partial charge in [-0.3, -0.25) is 5.10 Å². The van der Waals surface area contributed by atoms with Crippen molar-refractivity contribution in [1.29, 1.82) is 0 Å². The van der Waals surface area contributed by atoms with E-state index in [1.165, 1.54) is 11.4 Å². The number of benzene rings is 1. The first-order valence-corrected chi connectivity index (χ1v) is 6.79. The van der Waals surface area contributed by atoms with Gasteiger partial charge >= 0.3 is 0 Å². The Balaban J connectivity index is 0.000000882. The van der Waals surface area contributed by atoms with Gasteiger partial charge in [-0.1, -0.05) is 24.3 Å². The van der Waals surface area contributed by atoms with Gasteiger partial charge in [0.25, 0.3) is 0 Å². The number of fused-ring (bicyclic) bond motifs is 1. The summed E-state index contributed by atoms with van der Waals surface area (Å²) in [5, 5.41) is 10.3. The van der Waals surface area contributed by atoms with Crippen LogP contribution in [-0.2, 0) is 13.0 Å². The number of H-pyrrole nitrogens is 2. The van der Waals surface area contributed by atoms with Crippen LogP contribution in [0.25, 0.3) is 22.6 Å². The van der Waals surface area contributed by atoms with E-state index in [1.807, 2.05) is 6.07 Å². The quantitative estimate of drug-likeness (QED) is 0.673. The summed E-state index contributed by atoms with van der Waals surface area (Å²) >= 11 is 0. The van der Waals surface area contributed by atoms with Crippen LogP contribution < -0.4 is 5.32 Å². The number of halogens is 2. The third-order valence-electron chi connectivity index (χ3n) is 3.67. The summed E-state index contributed by atoms with van der Waals surface area (Å²) in [6, 6.07) is 10.3. The zero-order valence-corrected chi connectivity index (χ0v) is 13.4.